The summed E-state index contributed by atoms with van der Waals surface area (Å²) in [6, 6.07) is 10.0. The Kier molecular flexibility index (Phi) is 5.96. The van der Waals surface area contributed by atoms with Gasteiger partial charge in [0.1, 0.15) is 0 Å². The summed E-state index contributed by atoms with van der Waals surface area (Å²) in [5.74, 6) is -0.211. The van der Waals surface area contributed by atoms with Gasteiger partial charge in [0.05, 0.1) is 18.5 Å². The second-order valence-corrected chi connectivity index (χ2v) is 4.16. The third-order valence-corrected chi connectivity index (χ3v) is 2.99. The molecule has 0 saturated heterocycles. The fourth-order valence-electron chi connectivity index (χ4n) is 1.35. The largest absolute Gasteiger partial charge is 0.465 e. The minimum atomic E-state index is -0.211. The summed E-state index contributed by atoms with van der Waals surface area (Å²) < 4.78 is 4.86. The van der Waals surface area contributed by atoms with Crippen molar-refractivity contribution in [3.05, 3.63) is 35.9 Å². The second-order valence-electron chi connectivity index (χ2n) is 3.21. The van der Waals surface area contributed by atoms with Gasteiger partial charge >= 0.3 is 5.97 Å². The molecule has 0 saturated carbocycles. The maximum atomic E-state index is 11.2. The molecule has 1 rings (SSSR count). The number of rotatable bonds is 6. The molecule has 1 atom stereocenters. The molecule has 0 spiro atoms. The van der Waals surface area contributed by atoms with E-state index < -0.39 is 0 Å². The van der Waals surface area contributed by atoms with E-state index in [0.29, 0.717) is 6.61 Å². The van der Waals surface area contributed by atoms with Gasteiger partial charge in [0.2, 0.25) is 0 Å². The van der Waals surface area contributed by atoms with Crippen LogP contribution in [0.1, 0.15) is 17.9 Å². The fraction of sp³-hybridized carbons (Fsp3) is 0.417. The lowest BCUT2D eigenvalue weighted by Crippen LogP contribution is -2.27. The topological polar surface area (TPSA) is 38.3 Å². The van der Waals surface area contributed by atoms with E-state index in [9.17, 15) is 4.79 Å². The van der Waals surface area contributed by atoms with Crippen molar-refractivity contribution in [1.82, 2.24) is 5.32 Å². The summed E-state index contributed by atoms with van der Waals surface area (Å²) in [7, 11) is 0. The van der Waals surface area contributed by atoms with E-state index in [0.717, 1.165) is 0 Å². The summed E-state index contributed by atoms with van der Waals surface area (Å²) in [6.45, 7) is 2.48. The van der Waals surface area contributed by atoms with E-state index in [4.69, 9.17) is 4.74 Å². The van der Waals surface area contributed by atoms with Crippen LogP contribution in [-0.4, -0.2) is 25.4 Å². The standard InChI is InChI=1S/C12H17NO2S/c1-3-15-11(14)9-13-12(16-2)10-7-5-4-6-8-10/h4-8,12-13H,3,9H2,1-2H3. The summed E-state index contributed by atoms with van der Waals surface area (Å²) in [5.41, 5.74) is 1.17. The Balaban J connectivity index is 2.47. The van der Waals surface area contributed by atoms with E-state index in [2.05, 4.69) is 5.32 Å². The Hall–Kier alpha value is -1.00. The van der Waals surface area contributed by atoms with Crippen molar-refractivity contribution in [2.24, 2.45) is 0 Å². The van der Waals surface area contributed by atoms with Crippen LogP contribution >= 0.6 is 11.8 Å². The van der Waals surface area contributed by atoms with Crippen molar-refractivity contribution in [3.63, 3.8) is 0 Å². The van der Waals surface area contributed by atoms with Gasteiger partial charge in [0.15, 0.2) is 0 Å². The summed E-state index contributed by atoms with van der Waals surface area (Å²) in [6.07, 6.45) is 2.01. The monoisotopic (exact) mass is 239 g/mol. The third-order valence-electron chi connectivity index (χ3n) is 2.08. The molecular weight excluding hydrogens is 222 g/mol. The maximum Gasteiger partial charge on any atom is 0.319 e. The maximum absolute atomic E-state index is 11.2. The van der Waals surface area contributed by atoms with Crippen molar-refractivity contribution in [2.75, 3.05) is 19.4 Å². The Morgan fingerprint density at radius 2 is 2.12 bits per heavy atom. The van der Waals surface area contributed by atoms with Crippen molar-refractivity contribution < 1.29 is 9.53 Å². The van der Waals surface area contributed by atoms with E-state index in [1.807, 2.05) is 36.6 Å². The number of carbonyl (C=O) groups excluding carboxylic acids is 1. The number of nitrogens with one attached hydrogen (secondary N) is 1. The smallest absolute Gasteiger partial charge is 0.319 e. The zero-order valence-electron chi connectivity index (χ0n) is 9.60. The molecule has 4 heteroatoms. The number of carbonyl (C=O) groups is 1. The molecule has 1 aromatic carbocycles. The molecular formula is C12H17NO2S. The van der Waals surface area contributed by atoms with Gasteiger partial charge in [-0.2, -0.15) is 0 Å². The molecule has 3 nitrogen and oxygen atoms in total. The van der Waals surface area contributed by atoms with Crippen molar-refractivity contribution in [2.45, 2.75) is 12.3 Å². The van der Waals surface area contributed by atoms with Gasteiger partial charge in [-0.25, -0.2) is 0 Å². The van der Waals surface area contributed by atoms with Crippen LogP contribution in [0.4, 0.5) is 0 Å². The van der Waals surface area contributed by atoms with Gasteiger partial charge in [0, 0.05) is 0 Å². The van der Waals surface area contributed by atoms with Gasteiger partial charge in [-0.1, -0.05) is 30.3 Å². The van der Waals surface area contributed by atoms with Gasteiger partial charge < -0.3 is 4.74 Å². The molecule has 0 fully saturated rings. The molecule has 1 unspecified atom stereocenters. The lowest BCUT2D eigenvalue weighted by atomic mass is 10.2. The van der Waals surface area contributed by atoms with Crippen LogP contribution in [0.25, 0.3) is 0 Å². The van der Waals surface area contributed by atoms with E-state index in [-0.39, 0.29) is 17.9 Å². The van der Waals surface area contributed by atoms with Crippen LogP contribution in [0.15, 0.2) is 30.3 Å². The van der Waals surface area contributed by atoms with E-state index in [1.54, 1.807) is 18.7 Å². The van der Waals surface area contributed by atoms with Gasteiger partial charge in [-0.05, 0) is 18.7 Å². The van der Waals surface area contributed by atoms with E-state index in [1.165, 1.54) is 5.56 Å². The molecule has 0 radical (unpaired) electrons. The molecule has 88 valence electrons. The zero-order valence-corrected chi connectivity index (χ0v) is 10.4. The van der Waals surface area contributed by atoms with Crippen LogP contribution in [-0.2, 0) is 9.53 Å². The Labute approximate surface area is 101 Å². The first-order valence-electron chi connectivity index (χ1n) is 5.24. The molecule has 0 heterocycles. The van der Waals surface area contributed by atoms with Crippen LogP contribution in [0, 0.1) is 0 Å². The van der Waals surface area contributed by atoms with Crippen molar-refractivity contribution >= 4 is 17.7 Å². The zero-order chi connectivity index (χ0) is 11.8. The highest BCUT2D eigenvalue weighted by Gasteiger charge is 2.10. The number of benzene rings is 1. The van der Waals surface area contributed by atoms with Crippen molar-refractivity contribution in [3.8, 4) is 0 Å². The first-order chi connectivity index (χ1) is 7.77. The Morgan fingerprint density at radius 1 is 1.44 bits per heavy atom. The molecule has 0 aliphatic heterocycles. The molecule has 1 N–H and O–H groups in total. The molecule has 0 amide bonds. The first kappa shape index (κ1) is 13.1. The summed E-state index contributed by atoms with van der Waals surface area (Å²) in [5, 5.41) is 3.29. The minimum absolute atomic E-state index is 0.130. The summed E-state index contributed by atoms with van der Waals surface area (Å²) >= 11 is 1.66. The highest BCUT2D eigenvalue weighted by molar-refractivity contribution is 7.98. The van der Waals surface area contributed by atoms with Crippen molar-refractivity contribution in [1.29, 1.82) is 0 Å². The highest BCUT2D eigenvalue weighted by Crippen LogP contribution is 2.22. The SMILES string of the molecule is CCOC(=O)CNC(SC)c1ccccc1. The average Bonchev–Trinajstić information content (AvgIpc) is 2.31. The van der Waals surface area contributed by atoms with Gasteiger partial charge in [0.25, 0.3) is 0 Å². The summed E-state index contributed by atoms with van der Waals surface area (Å²) in [4.78, 5) is 11.2. The van der Waals surface area contributed by atoms with Crippen LogP contribution in [0.2, 0.25) is 0 Å². The Morgan fingerprint density at radius 3 is 2.69 bits per heavy atom. The Bertz CT molecular complexity index is 316. The lowest BCUT2D eigenvalue weighted by Gasteiger charge is -2.16. The molecule has 1 aromatic rings. The molecule has 16 heavy (non-hydrogen) atoms. The molecule has 0 aromatic heterocycles. The number of hydrogen-bond donors (Lipinski definition) is 1. The van der Waals surface area contributed by atoms with E-state index >= 15 is 0 Å². The van der Waals surface area contributed by atoms with Crippen LogP contribution in [0.5, 0.6) is 0 Å². The number of thioether (sulfide) groups is 1. The fourth-order valence-corrected chi connectivity index (χ4v) is 2.03. The quantitative estimate of drug-likeness (QED) is 0.610. The average molecular weight is 239 g/mol. The predicted molar refractivity (Wildman–Crippen MR) is 67.3 cm³/mol. The molecule has 0 aliphatic carbocycles. The third kappa shape index (κ3) is 4.24. The number of esters is 1. The van der Waals surface area contributed by atoms with Gasteiger partial charge in [-0.15, -0.1) is 11.8 Å². The lowest BCUT2D eigenvalue weighted by molar-refractivity contribution is -0.142. The first-order valence-corrected chi connectivity index (χ1v) is 6.53. The normalized spacial score (nSPS) is 12.1. The van der Waals surface area contributed by atoms with Crippen LogP contribution < -0.4 is 5.32 Å². The number of hydrogen-bond acceptors (Lipinski definition) is 4. The molecule has 0 bridgehead atoms. The molecule has 0 aliphatic rings. The van der Waals surface area contributed by atoms with Gasteiger partial charge in [-0.3, -0.25) is 10.1 Å². The predicted octanol–water partition coefficient (Wildman–Crippen LogP) is 2.20. The highest BCUT2D eigenvalue weighted by atomic mass is 32.2. The second kappa shape index (κ2) is 7.30. The van der Waals surface area contributed by atoms with Crippen LogP contribution in [0.3, 0.4) is 0 Å². The number of ether oxygens (including phenoxy) is 1. The minimum Gasteiger partial charge on any atom is -0.465 e.